The van der Waals surface area contributed by atoms with E-state index in [1.807, 2.05) is 13.1 Å². The zero-order valence-electron chi connectivity index (χ0n) is 12.6. The summed E-state index contributed by atoms with van der Waals surface area (Å²) in [6, 6.07) is 5.40. The summed E-state index contributed by atoms with van der Waals surface area (Å²) in [5, 5.41) is 3.21. The molecule has 1 heterocycles. The van der Waals surface area contributed by atoms with Gasteiger partial charge in [0.25, 0.3) is 0 Å². The summed E-state index contributed by atoms with van der Waals surface area (Å²) in [6.07, 6.45) is 0.832. The van der Waals surface area contributed by atoms with Crippen molar-refractivity contribution in [1.82, 2.24) is 10.2 Å². The van der Waals surface area contributed by atoms with E-state index < -0.39 is 9.84 Å². The number of nitrogens with one attached hydrogen (secondary N) is 1. The Kier molecular flexibility index (Phi) is 5.35. The molecule has 1 aliphatic heterocycles. The maximum absolute atomic E-state index is 13.7. The summed E-state index contributed by atoms with van der Waals surface area (Å²) in [5.41, 5.74) is 1.58. The number of benzene rings is 1. The molecule has 21 heavy (non-hydrogen) atoms. The zero-order valence-corrected chi connectivity index (χ0v) is 13.4. The third-order valence-corrected chi connectivity index (χ3v) is 5.73. The molecule has 1 fully saturated rings. The Bertz CT molecular complexity index is 575. The Morgan fingerprint density at radius 2 is 2.00 bits per heavy atom. The van der Waals surface area contributed by atoms with Crippen molar-refractivity contribution in [3.05, 3.63) is 35.1 Å². The molecule has 0 aliphatic carbocycles. The van der Waals surface area contributed by atoms with Gasteiger partial charge in [-0.15, -0.1) is 0 Å². The van der Waals surface area contributed by atoms with Crippen LogP contribution in [0.15, 0.2) is 18.2 Å². The first-order valence-electron chi connectivity index (χ1n) is 7.27. The fraction of sp³-hybridized carbons (Fsp3) is 0.600. The Labute approximate surface area is 126 Å². The number of aryl methyl sites for hydroxylation is 1. The summed E-state index contributed by atoms with van der Waals surface area (Å²) < 4.78 is 36.5. The predicted molar refractivity (Wildman–Crippen MR) is 82.6 cm³/mol. The van der Waals surface area contributed by atoms with Gasteiger partial charge in [-0.05, 0) is 37.6 Å². The number of sulfone groups is 1. The molecule has 4 nitrogen and oxygen atoms in total. The van der Waals surface area contributed by atoms with Crippen LogP contribution in [0, 0.1) is 12.7 Å². The van der Waals surface area contributed by atoms with Crippen molar-refractivity contribution in [3.63, 3.8) is 0 Å². The maximum Gasteiger partial charge on any atom is 0.152 e. The lowest BCUT2D eigenvalue weighted by atomic mass is 10.0. The molecule has 118 valence electrons. The van der Waals surface area contributed by atoms with E-state index in [1.54, 1.807) is 19.1 Å². The van der Waals surface area contributed by atoms with E-state index in [4.69, 9.17) is 0 Å². The lowest BCUT2D eigenvalue weighted by Gasteiger charge is -2.28. The fourth-order valence-electron chi connectivity index (χ4n) is 2.59. The van der Waals surface area contributed by atoms with Crippen molar-refractivity contribution in [2.75, 3.05) is 38.2 Å². The highest BCUT2D eigenvalue weighted by Crippen LogP contribution is 2.20. The van der Waals surface area contributed by atoms with Crippen LogP contribution in [0.3, 0.4) is 0 Å². The van der Waals surface area contributed by atoms with Gasteiger partial charge in [0.15, 0.2) is 9.84 Å². The minimum Gasteiger partial charge on any atom is -0.313 e. The molecule has 6 heteroatoms. The maximum atomic E-state index is 13.7. The van der Waals surface area contributed by atoms with Gasteiger partial charge < -0.3 is 10.2 Å². The van der Waals surface area contributed by atoms with Crippen LogP contribution in [0.2, 0.25) is 0 Å². The molecule has 0 aromatic heterocycles. The van der Waals surface area contributed by atoms with Gasteiger partial charge in [-0.25, -0.2) is 12.8 Å². The average molecular weight is 314 g/mol. The van der Waals surface area contributed by atoms with E-state index in [-0.39, 0.29) is 23.4 Å². The standard InChI is InChI=1S/C15H23FN2O2S/c1-12-3-4-13(11-14(12)16)15(17-2)5-6-18-7-9-21(19,20)10-8-18/h3-4,11,15,17H,5-10H2,1-2H3. The molecule has 0 saturated carbocycles. The van der Waals surface area contributed by atoms with E-state index in [2.05, 4.69) is 10.2 Å². The second kappa shape index (κ2) is 6.85. The molecule has 1 aromatic rings. The van der Waals surface area contributed by atoms with Crippen LogP contribution in [0.1, 0.15) is 23.6 Å². The van der Waals surface area contributed by atoms with Gasteiger partial charge in [0.05, 0.1) is 11.5 Å². The molecule has 2 rings (SSSR count). The monoisotopic (exact) mass is 314 g/mol. The second-order valence-electron chi connectivity index (χ2n) is 5.63. The van der Waals surface area contributed by atoms with Crippen LogP contribution < -0.4 is 5.32 Å². The molecule has 0 bridgehead atoms. The third kappa shape index (κ3) is 4.49. The summed E-state index contributed by atoms with van der Waals surface area (Å²) in [7, 11) is -0.965. The summed E-state index contributed by atoms with van der Waals surface area (Å²) >= 11 is 0. The molecule has 1 saturated heterocycles. The first-order valence-corrected chi connectivity index (χ1v) is 9.09. The van der Waals surface area contributed by atoms with Gasteiger partial charge in [0.1, 0.15) is 5.82 Å². The Hall–Kier alpha value is -0.980. The van der Waals surface area contributed by atoms with Crippen LogP contribution in [0.25, 0.3) is 0 Å². The van der Waals surface area contributed by atoms with Crippen molar-refractivity contribution >= 4 is 9.84 Å². The molecule has 1 unspecified atom stereocenters. The predicted octanol–water partition coefficient (Wildman–Crippen LogP) is 1.52. The van der Waals surface area contributed by atoms with Crippen molar-refractivity contribution in [1.29, 1.82) is 0 Å². The number of nitrogens with zero attached hydrogens (tertiary/aromatic N) is 1. The minimum absolute atomic E-state index is 0.0821. The lowest BCUT2D eigenvalue weighted by molar-refractivity contribution is 0.277. The van der Waals surface area contributed by atoms with Gasteiger partial charge in [0, 0.05) is 25.7 Å². The smallest absolute Gasteiger partial charge is 0.152 e. The van der Waals surface area contributed by atoms with Crippen molar-refractivity contribution < 1.29 is 12.8 Å². The van der Waals surface area contributed by atoms with Crippen LogP contribution in [-0.2, 0) is 9.84 Å². The van der Waals surface area contributed by atoms with Crippen LogP contribution in [-0.4, -0.2) is 51.5 Å². The van der Waals surface area contributed by atoms with E-state index in [0.717, 1.165) is 18.5 Å². The van der Waals surface area contributed by atoms with Crippen LogP contribution in [0.4, 0.5) is 4.39 Å². The largest absolute Gasteiger partial charge is 0.313 e. The summed E-state index contributed by atoms with van der Waals surface area (Å²) in [6.45, 7) is 3.76. The van der Waals surface area contributed by atoms with Gasteiger partial charge in [0.2, 0.25) is 0 Å². The van der Waals surface area contributed by atoms with Gasteiger partial charge in [-0.3, -0.25) is 0 Å². The van der Waals surface area contributed by atoms with E-state index in [0.29, 0.717) is 18.7 Å². The highest BCUT2D eigenvalue weighted by Gasteiger charge is 2.22. The van der Waals surface area contributed by atoms with E-state index in [9.17, 15) is 12.8 Å². The first kappa shape index (κ1) is 16.4. The van der Waals surface area contributed by atoms with E-state index >= 15 is 0 Å². The SMILES string of the molecule is CNC(CCN1CCS(=O)(=O)CC1)c1ccc(C)c(F)c1. The average Bonchev–Trinajstić information content (AvgIpc) is 2.45. The molecule has 0 amide bonds. The second-order valence-corrected chi connectivity index (χ2v) is 7.94. The van der Waals surface area contributed by atoms with Gasteiger partial charge in [-0.1, -0.05) is 12.1 Å². The molecule has 1 N–H and O–H groups in total. The third-order valence-electron chi connectivity index (χ3n) is 4.12. The number of hydrogen-bond acceptors (Lipinski definition) is 4. The Balaban J connectivity index is 1.92. The first-order chi connectivity index (χ1) is 9.91. The van der Waals surface area contributed by atoms with Crippen molar-refractivity contribution in [2.24, 2.45) is 0 Å². The molecular formula is C15H23FN2O2S. The van der Waals surface area contributed by atoms with Crippen molar-refractivity contribution in [3.8, 4) is 0 Å². The number of rotatable bonds is 5. The van der Waals surface area contributed by atoms with Crippen LogP contribution >= 0.6 is 0 Å². The Morgan fingerprint density at radius 1 is 1.33 bits per heavy atom. The Morgan fingerprint density at radius 3 is 2.57 bits per heavy atom. The molecule has 1 atom stereocenters. The van der Waals surface area contributed by atoms with Crippen LogP contribution in [0.5, 0.6) is 0 Å². The summed E-state index contributed by atoms with van der Waals surface area (Å²) in [5.74, 6) is 0.309. The topological polar surface area (TPSA) is 49.4 Å². The zero-order chi connectivity index (χ0) is 15.5. The molecule has 1 aliphatic rings. The van der Waals surface area contributed by atoms with Crippen molar-refractivity contribution in [2.45, 2.75) is 19.4 Å². The minimum atomic E-state index is -2.83. The molecular weight excluding hydrogens is 291 g/mol. The van der Waals surface area contributed by atoms with Gasteiger partial charge in [-0.2, -0.15) is 0 Å². The van der Waals surface area contributed by atoms with E-state index in [1.165, 1.54) is 0 Å². The summed E-state index contributed by atoms with van der Waals surface area (Å²) in [4.78, 5) is 2.16. The fourth-order valence-corrected chi connectivity index (χ4v) is 3.87. The lowest BCUT2D eigenvalue weighted by Crippen LogP contribution is -2.41. The highest BCUT2D eigenvalue weighted by molar-refractivity contribution is 7.91. The quantitative estimate of drug-likeness (QED) is 0.895. The molecule has 0 spiro atoms. The molecule has 0 radical (unpaired) electrons. The normalized spacial score (nSPS) is 20.3. The van der Waals surface area contributed by atoms with Gasteiger partial charge >= 0.3 is 0 Å². The highest BCUT2D eigenvalue weighted by atomic mass is 32.2. The number of halogens is 1. The number of hydrogen-bond donors (Lipinski definition) is 1. The molecule has 1 aromatic carbocycles.